The van der Waals surface area contributed by atoms with E-state index in [0.717, 1.165) is 60.1 Å². The van der Waals surface area contributed by atoms with E-state index in [4.69, 9.17) is 14.2 Å². The van der Waals surface area contributed by atoms with Crippen LogP contribution in [0, 0.1) is 13.8 Å². The summed E-state index contributed by atoms with van der Waals surface area (Å²) in [6.45, 7) is 6.73. The first kappa shape index (κ1) is 19.7. The number of aromatic nitrogens is 3. The lowest BCUT2D eigenvalue weighted by Gasteiger charge is -2.41. The largest absolute Gasteiger partial charge is 0.496 e. The Hall–Kier alpha value is -3.23. The van der Waals surface area contributed by atoms with Crippen LogP contribution in [0.4, 0.5) is 5.82 Å². The molecule has 0 saturated carbocycles. The molecule has 160 valence electrons. The molecule has 31 heavy (non-hydrogen) atoms. The number of fused-ring (bicyclic) bond motifs is 2. The number of aryl methyl sites for hydroxylation is 1. The second kappa shape index (κ2) is 7.48. The number of rotatable bonds is 3. The summed E-state index contributed by atoms with van der Waals surface area (Å²) in [6, 6.07) is 7.18. The molecule has 1 aromatic carbocycles. The molecule has 0 bridgehead atoms. The smallest absolute Gasteiger partial charge is 0.274 e. The molecule has 0 unspecified atom stereocenters. The highest BCUT2D eigenvalue weighted by Crippen LogP contribution is 2.36. The molecule has 0 amide bonds. The van der Waals surface area contributed by atoms with Crippen molar-refractivity contribution in [3.8, 4) is 17.2 Å². The minimum absolute atomic E-state index is 0.168. The van der Waals surface area contributed by atoms with Gasteiger partial charge in [-0.1, -0.05) is 0 Å². The van der Waals surface area contributed by atoms with Crippen LogP contribution in [0.15, 0.2) is 35.3 Å². The topological polar surface area (TPSA) is 78.2 Å². The Morgan fingerprint density at radius 1 is 1.06 bits per heavy atom. The SMILES string of the molecule is BC1(Oc2ccc3c(c2)OCCO3)CCN(c2nn3c(=O)ccnc3c(C)c2C)CC1. The summed E-state index contributed by atoms with van der Waals surface area (Å²) >= 11 is 0. The van der Waals surface area contributed by atoms with Gasteiger partial charge < -0.3 is 19.1 Å². The normalized spacial score (nSPS) is 17.5. The van der Waals surface area contributed by atoms with Crippen LogP contribution < -0.4 is 24.7 Å². The zero-order valence-corrected chi connectivity index (χ0v) is 18.1. The first-order valence-electron chi connectivity index (χ1n) is 10.6. The molecule has 2 aliphatic rings. The van der Waals surface area contributed by atoms with Crippen LogP contribution in [0.5, 0.6) is 17.2 Å². The summed E-state index contributed by atoms with van der Waals surface area (Å²) in [7, 11) is 2.14. The highest BCUT2D eigenvalue weighted by molar-refractivity contribution is 6.14. The number of ether oxygens (including phenoxy) is 3. The van der Waals surface area contributed by atoms with Gasteiger partial charge >= 0.3 is 0 Å². The van der Waals surface area contributed by atoms with E-state index in [1.807, 2.05) is 32.0 Å². The standard InChI is InChI=1S/C22H25BN4O4/c1-14-15(2)21(25-27-19(28)5-8-24-20(14)27)26-9-6-22(23,7-10-26)31-16-3-4-17-18(13-16)30-12-11-29-17/h3-5,8,13H,6-7,9-12,23H2,1-2H3. The Balaban J connectivity index is 1.35. The minimum Gasteiger partial charge on any atom is -0.496 e. The summed E-state index contributed by atoms with van der Waals surface area (Å²) in [4.78, 5) is 18.9. The Morgan fingerprint density at radius 3 is 2.58 bits per heavy atom. The summed E-state index contributed by atoms with van der Waals surface area (Å²) in [5, 5.41) is 4.64. The molecule has 0 spiro atoms. The molecule has 1 saturated heterocycles. The summed E-state index contributed by atoms with van der Waals surface area (Å²) < 4.78 is 19.1. The predicted octanol–water partition coefficient (Wildman–Crippen LogP) is 1.49. The van der Waals surface area contributed by atoms with E-state index in [1.165, 1.54) is 16.8 Å². The molecular formula is C22H25BN4O4. The van der Waals surface area contributed by atoms with Crippen LogP contribution >= 0.6 is 0 Å². The molecule has 2 aromatic heterocycles. The van der Waals surface area contributed by atoms with Gasteiger partial charge in [-0.2, -0.15) is 4.52 Å². The fraction of sp³-hybridized carbons (Fsp3) is 0.409. The maximum Gasteiger partial charge on any atom is 0.274 e. The average Bonchev–Trinajstić information content (AvgIpc) is 2.77. The molecule has 2 aliphatic heterocycles. The third-order valence-corrected chi connectivity index (χ3v) is 6.25. The van der Waals surface area contributed by atoms with Crippen molar-refractivity contribution in [3.63, 3.8) is 0 Å². The van der Waals surface area contributed by atoms with Gasteiger partial charge in [0.25, 0.3) is 5.56 Å². The second-order valence-corrected chi connectivity index (χ2v) is 8.44. The van der Waals surface area contributed by atoms with Gasteiger partial charge in [0.2, 0.25) is 0 Å². The monoisotopic (exact) mass is 420 g/mol. The van der Waals surface area contributed by atoms with Crippen molar-refractivity contribution in [2.24, 2.45) is 0 Å². The fourth-order valence-electron chi connectivity index (χ4n) is 4.22. The van der Waals surface area contributed by atoms with E-state index in [0.29, 0.717) is 18.9 Å². The van der Waals surface area contributed by atoms with Crippen LogP contribution in [0.25, 0.3) is 5.65 Å². The number of nitrogens with zero attached hydrogens (tertiary/aromatic N) is 4. The maximum atomic E-state index is 12.3. The lowest BCUT2D eigenvalue weighted by atomic mass is 9.73. The number of hydrogen-bond acceptors (Lipinski definition) is 7. The van der Waals surface area contributed by atoms with E-state index in [2.05, 4.69) is 22.8 Å². The Bertz CT molecular complexity index is 1200. The van der Waals surface area contributed by atoms with Gasteiger partial charge in [0, 0.05) is 42.5 Å². The average molecular weight is 420 g/mol. The summed E-state index contributed by atoms with van der Waals surface area (Å²) in [5.74, 6) is 3.11. The van der Waals surface area contributed by atoms with E-state index < -0.39 is 0 Å². The molecule has 0 aliphatic carbocycles. The van der Waals surface area contributed by atoms with Gasteiger partial charge in [-0.3, -0.25) is 4.79 Å². The van der Waals surface area contributed by atoms with Crippen LogP contribution in [0.1, 0.15) is 24.0 Å². The zero-order chi connectivity index (χ0) is 21.6. The van der Waals surface area contributed by atoms with Gasteiger partial charge in [0.1, 0.15) is 19.0 Å². The van der Waals surface area contributed by atoms with Crippen LogP contribution in [0.2, 0.25) is 0 Å². The van der Waals surface area contributed by atoms with Crippen molar-refractivity contribution in [2.75, 3.05) is 31.2 Å². The van der Waals surface area contributed by atoms with Crippen LogP contribution in [-0.2, 0) is 0 Å². The molecule has 3 aromatic rings. The van der Waals surface area contributed by atoms with E-state index in [1.54, 1.807) is 0 Å². The maximum absolute atomic E-state index is 12.3. The molecule has 4 heterocycles. The first-order valence-corrected chi connectivity index (χ1v) is 10.6. The fourth-order valence-corrected chi connectivity index (χ4v) is 4.22. The second-order valence-electron chi connectivity index (χ2n) is 8.44. The van der Waals surface area contributed by atoms with Gasteiger partial charge in [0.05, 0.1) is 5.50 Å². The van der Waals surface area contributed by atoms with Gasteiger partial charge in [0.15, 0.2) is 30.8 Å². The van der Waals surface area contributed by atoms with Crippen molar-refractivity contribution in [1.29, 1.82) is 0 Å². The first-order chi connectivity index (χ1) is 14.9. The van der Waals surface area contributed by atoms with Gasteiger partial charge in [-0.25, -0.2) is 4.98 Å². The number of anilines is 1. The predicted molar refractivity (Wildman–Crippen MR) is 120 cm³/mol. The molecule has 0 N–H and O–H groups in total. The number of hydrogen-bond donors (Lipinski definition) is 0. The van der Waals surface area contributed by atoms with E-state index in [9.17, 15) is 4.79 Å². The summed E-state index contributed by atoms with van der Waals surface area (Å²) in [6.07, 6.45) is 3.20. The Labute approximate surface area is 181 Å². The molecule has 1 fully saturated rings. The molecule has 8 nitrogen and oxygen atoms in total. The quantitative estimate of drug-likeness (QED) is 0.594. The van der Waals surface area contributed by atoms with Crippen molar-refractivity contribution >= 4 is 19.3 Å². The van der Waals surface area contributed by atoms with E-state index in [-0.39, 0.29) is 11.1 Å². The third kappa shape index (κ3) is 3.58. The lowest BCUT2D eigenvalue weighted by Crippen LogP contribution is -2.49. The zero-order valence-electron chi connectivity index (χ0n) is 18.1. The van der Waals surface area contributed by atoms with Crippen LogP contribution in [-0.4, -0.2) is 54.2 Å². The van der Waals surface area contributed by atoms with Crippen molar-refractivity contribution in [2.45, 2.75) is 32.2 Å². The van der Waals surface area contributed by atoms with E-state index >= 15 is 0 Å². The Morgan fingerprint density at radius 2 is 1.81 bits per heavy atom. The van der Waals surface area contributed by atoms with Crippen molar-refractivity contribution < 1.29 is 14.2 Å². The van der Waals surface area contributed by atoms with Crippen LogP contribution in [0.3, 0.4) is 0 Å². The Kier molecular flexibility index (Phi) is 4.76. The number of piperidine rings is 1. The molecule has 5 rings (SSSR count). The van der Waals surface area contributed by atoms with Crippen molar-refractivity contribution in [3.05, 3.63) is 51.9 Å². The van der Waals surface area contributed by atoms with Crippen molar-refractivity contribution in [1.82, 2.24) is 14.6 Å². The highest BCUT2D eigenvalue weighted by Gasteiger charge is 2.33. The minimum atomic E-state index is -0.293. The van der Waals surface area contributed by atoms with Gasteiger partial charge in [-0.15, -0.1) is 5.10 Å². The molecular weight excluding hydrogens is 395 g/mol. The highest BCUT2D eigenvalue weighted by atomic mass is 16.6. The van der Waals surface area contributed by atoms with Gasteiger partial charge in [-0.05, 0) is 38.8 Å². The lowest BCUT2D eigenvalue weighted by molar-refractivity contribution is 0.124. The third-order valence-electron chi connectivity index (χ3n) is 6.25. The summed E-state index contributed by atoms with van der Waals surface area (Å²) in [5.41, 5.74) is 2.17. The molecule has 0 atom stereocenters. The molecule has 0 radical (unpaired) electrons. The molecule has 9 heteroatoms. The number of benzene rings is 1.